The Morgan fingerprint density at radius 1 is 0.351 bits per heavy atom. The molecule has 0 spiro atoms. The van der Waals surface area contributed by atoms with E-state index in [-0.39, 0.29) is 0 Å². The average Bonchev–Trinajstić information content (AvgIpc) is 2.98. The molecule has 0 atom stereocenters. The maximum absolute atomic E-state index is 6.24. The molecule has 176 valence electrons. The Bertz CT molecular complexity index is 1620. The maximum atomic E-state index is 6.24. The van der Waals surface area contributed by atoms with Gasteiger partial charge in [-0.25, -0.2) is 9.97 Å². The number of hydrogen-bond acceptors (Lipinski definition) is 2. The molecule has 0 saturated heterocycles. The van der Waals surface area contributed by atoms with E-state index in [9.17, 15) is 0 Å². The van der Waals surface area contributed by atoms with Gasteiger partial charge < -0.3 is 0 Å². The van der Waals surface area contributed by atoms with Crippen LogP contribution in [0.5, 0.6) is 0 Å². The summed E-state index contributed by atoms with van der Waals surface area (Å²) in [6, 6.07) is 47.5. The number of rotatable bonds is 5. The van der Waals surface area contributed by atoms with E-state index in [1.165, 1.54) is 0 Å². The number of halogens is 1. The van der Waals surface area contributed by atoms with Crippen LogP contribution in [0.1, 0.15) is 0 Å². The third-order valence-corrected chi connectivity index (χ3v) is 6.57. The van der Waals surface area contributed by atoms with Crippen LogP contribution in [0.2, 0.25) is 5.02 Å². The summed E-state index contributed by atoms with van der Waals surface area (Å²) in [6.45, 7) is 0. The van der Waals surface area contributed by atoms with E-state index >= 15 is 0 Å². The molecule has 0 aliphatic rings. The molecule has 37 heavy (non-hydrogen) atoms. The fraction of sp³-hybridized carbons (Fsp3) is 0. The van der Waals surface area contributed by atoms with Crippen LogP contribution in [0.3, 0.4) is 0 Å². The molecule has 0 aliphatic heterocycles. The van der Waals surface area contributed by atoms with Crippen molar-refractivity contribution in [3.8, 4) is 56.2 Å². The summed E-state index contributed by atoms with van der Waals surface area (Å²) < 4.78 is 0. The minimum Gasteiger partial charge on any atom is -0.228 e. The standard InChI is InChI=1S/C34H23ClN2/c35-31-19-9-17-29(22-31)27-15-7-14-26(20-27)28-16-8-18-30(21-28)33-23-32(24-10-3-1-4-11-24)36-34(37-33)25-12-5-2-6-13-25/h1-23H. The first kappa shape index (κ1) is 22.9. The second-order valence-corrected chi connectivity index (χ2v) is 9.30. The van der Waals surface area contributed by atoms with Crippen LogP contribution in [-0.4, -0.2) is 9.97 Å². The lowest BCUT2D eigenvalue weighted by Gasteiger charge is -2.11. The lowest BCUT2D eigenvalue weighted by atomic mass is 9.97. The van der Waals surface area contributed by atoms with Crippen LogP contribution in [0.15, 0.2) is 140 Å². The van der Waals surface area contributed by atoms with Crippen LogP contribution in [0.25, 0.3) is 56.2 Å². The summed E-state index contributed by atoms with van der Waals surface area (Å²) in [4.78, 5) is 9.89. The molecule has 0 fully saturated rings. The van der Waals surface area contributed by atoms with Crippen LogP contribution in [0.4, 0.5) is 0 Å². The van der Waals surface area contributed by atoms with Crippen molar-refractivity contribution < 1.29 is 0 Å². The molecule has 1 heterocycles. The van der Waals surface area contributed by atoms with Gasteiger partial charge in [0.25, 0.3) is 0 Å². The van der Waals surface area contributed by atoms with Gasteiger partial charge in [0.2, 0.25) is 0 Å². The number of hydrogen-bond donors (Lipinski definition) is 0. The average molecular weight is 495 g/mol. The van der Waals surface area contributed by atoms with Crippen LogP contribution >= 0.6 is 11.6 Å². The smallest absolute Gasteiger partial charge is 0.160 e. The Morgan fingerprint density at radius 3 is 1.38 bits per heavy atom. The molecule has 2 nitrogen and oxygen atoms in total. The van der Waals surface area contributed by atoms with Crippen molar-refractivity contribution in [2.75, 3.05) is 0 Å². The molecule has 3 heteroatoms. The van der Waals surface area contributed by atoms with E-state index in [2.05, 4.69) is 72.8 Å². The largest absolute Gasteiger partial charge is 0.228 e. The predicted molar refractivity (Wildman–Crippen MR) is 154 cm³/mol. The van der Waals surface area contributed by atoms with Gasteiger partial charge in [-0.05, 0) is 52.6 Å². The predicted octanol–water partition coefficient (Wildman–Crippen LogP) is 9.46. The molecule has 0 aliphatic carbocycles. The summed E-state index contributed by atoms with van der Waals surface area (Å²) in [7, 11) is 0. The zero-order chi connectivity index (χ0) is 25.0. The van der Waals surface area contributed by atoms with Crippen LogP contribution in [-0.2, 0) is 0 Å². The van der Waals surface area contributed by atoms with Gasteiger partial charge in [0.05, 0.1) is 11.4 Å². The zero-order valence-electron chi connectivity index (χ0n) is 20.1. The molecule has 0 N–H and O–H groups in total. The molecular formula is C34H23ClN2. The van der Waals surface area contributed by atoms with Crippen molar-refractivity contribution in [3.63, 3.8) is 0 Å². The van der Waals surface area contributed by atoms with Crippen LogP contribution < -0.4 is 0 Å². The Hall–Kier alpha value is -4.53. The molecule has 0 bridgehead atoms. The van der Waals surface area contributed by atoms with Gasteiger partial charge in [0.1, 0.15) is 0 Å². The van der Waals surface area contributed by atoms with E-state index in [0.29, 0.717) is 5.82 Å². The summed E-state index contributed by atoms with van der Waals surface area (Å²) in [5.74, 6) is 0.713. The van der Waals surface area contributed by atoms with Crippen molar-refractivity contribution >= 4 is 11.6 Å². The SMILES string of the molecule is Clc1cccc(-c2cccc(-c3cccc(-c4cc(-c5ccccc5)nc(-c5ccccc5)n4)c3)c2)c1. The number of nitrogens with zero attached hydrogens (tertiary/aromatic N) is 2. The van der Waals surface area contributed by atoms with Crippen molar-refractivity contribution in [3.05, 3.63) is 145 Å². The first-order valence-corrected chi connectivity index (χ1v) is 12.6. The fourth-order valence-corrected chi connectivity index (χ4v) is 4.66. The quantitative estimate of drug-likeness (QED) is 0.238. The van der Waals surface area contributed by atoms with Crippen molar-refractivity contribution in [2.24, 2.45) is 0 Å². The fourth-order valence-electron chi connectivity index (χ4n) is 4.47. The topological polar surface area (TPSA) is 25.8 Å². The second-order valence-electron chi connectivity index (χ2n) is 8.87. The molecule has 1 aromatic heterocycles. The first-order valence-electron chi connectivity index (χ1n) is 12.2. The van der Waals surface area contributed by atoms with Gasteiger partial charge in [-0.15, -0.1) is 0 Å². The highest BCUT2D eigenvalue weighted by molar-refractivity contribution is 6.30. The van der Waals surface area contributed by atoms with Gasteiger partial charge in [-0.2, -0.15) is 0 Å². The lowest BCUT2D eigenvalue weighted by molar-refractivity contribution is 1.18. The van der Waals surface area contributed by atoms with Gasteiger partial charge in [-0.1, -0.05) is 121 Å². The Morgan fingerprint density at radius 2 is 0.784 bits per heavy atom. The summed E-state index contributed by atoms with van der Waals surface area (Å²) in [5, 5.41) is 0.733. The molecule has 6 rings (SSSR count). The van der Waals surface area contributed by atoms with Gasteiger partial charge in [0.15, 0.2) is 5.82 Å². The highest BCUT2D eigenvalue weighted by Gasteiger charge is 2.11. The monoisotopic (exact) mass is 494 g/mol. The van der Waals surface area contributed by atoms with E-state index in [0.717, 1.165) is 55.4 Å². The first-order chi connectivity index (χ1) is 18.2. The highest BCUT2D eigenvalue weighted by Crippen LogP contribution is 2.32. The van der Waals surface area contributed by atoms with Crippen LogP contribution in [0, 0.1) is 0 Å². The van der Waals surface area contributed by atoms with Gasteiger partial charge in [-0.3, -0.25) is 0 Å². The minimum absolute atomic E-state index is 0.713. The lowest BCUT2D eigenvalue weighted by Crippen LogP contribution is -1.96. The molecule has 0 amide bonds. The normalized spacial score (nSPS) is 10.8. The van der Waals surface area contributed by atoms with E-state index < -0.39 is 0 Å². The van der Waals surface area contributed by atoms with E-state index in [1.807, 2.05) is 66.7 Å². The van der Waals surface area contributed by atoms with E-state index in [4.69, 9.17) is 21.6 Å². The summed E-state index contributed by atoms with van der Waals surface area (Å²) in [5.41, 5.74) is 9.38. The molecule has 0 saturated carbocycles. The third-order valence-electron chi connectivity index (χ3n) is 6.34. The Kier molecular flexibility index (Phi) is 6.33. The Balaban J connectivity index is 1.44. The number of aromatic nitrogens is 2. The highest BCUT2D eigenvalue weighted by atomic mass is 35.5. The van der Waals surface area contributed by atoms with Crippen molar-refractivity contribution in [1.29, 1.82) is 0 Å². The van der Waals surface area contributed by atoms with Gasteiger partial charge >= 0.3 is 0 Å². The summed E-state index contributed by atoms with van der Waals surface area (Å²) >= 11 is 6.24. The molecular weight excluding hydrogens is 472 g/mol. The number of benzene rings is 5. The van der Waals surface area contributed by atoms with E-state index in [1.54, 1.807) is 0 Å². The van der Waals surface area contributed by atoms with Gasteiger partial charge in [0, 0.05) is 21.7 Å². The second kappa shape index (κ2) is 10.2. The molecule has 0 unspecified atom stereocenters. The Labute approximate surface area is 221 Å². The third kappa shape index (κ3) is 5.06. The zero-order valence-corrected chi connectivity index (χ0v) is 20.8. The maximum Gasteiger partial charge on any atom is 0.160 e. The minimum atomic E-state index is 0.713. The van der Waals surface area contributed by atoms with Crippen molar-refractivity contribution in [2.45, 2.75) is 0 Å². The molecule has 5 aromatic carbocycles. The molecule has 6 aromatic rings. The molecule has 0 radical (unpaired) electrons. The van der Waals surface area contributed by atoms with Crippen molar-refractivity contribution in [1.82, 2.24) is 9.97 Å². The summed E-state index contributed by atoms with van der Waals surface area (Å²) in [6.07, 6.45) is 0.